The predicted molar refractivity (Wildman–Crippen MR) is 61.5 cm³/mol. The van der Waals surface area contributed by atoms with Crippen molar-refractivity contribution < 1.29 is 9.47 Å². The molecule has 0 aliphatic rings. The highest BCUT2D eigenvalue weighted by atomic mass is 16.5. The maximum absolute atomic E-state index is 5.59. The Morgan fingerprint density at radius 1 is 1.20 bits per heavy atom. The smallest absolute Gasteiger partial charge is 0.160 e. The van der Waals surface area contributed by atoms with Gasteiger partial charge in [0.15, 0.2) is 11.5 Å². The average Bonchev–Trinajstić information content (AvgIpc) is 2.28. The van der Waals surface area contributed by atoms with E-state index in [9.17, 15) is 0 Å². The van der Waals surface area contributed by atoms with Gasteiger partial charge in [0.2, 0.25) is 0 Å². The molecule has 0 saturated heterocycles. The Bertz CT molecular complexity index is 312. The molecule has 84 valence electrons. The number of ether oxygens (including phenoxy) is 2. The molecule has 0 radical (unpaired) electrons. The summed E-state index contributed by atoms with van der Waals surface area (Å²) in [6.07, 6.45) is 0.969. The van der Waals surface area contributed by atoms with Gasteiger partial charge in [0.25, 0.3) is 0 Å². The molecule has 3 heteroatoms. The minimum atomic E-state index is 0.489. The van der Waals surface area contributed by atoms with Crippen LogP contribution in [0.5, 0.6) is 11.5 Å². The van der Waals surface area contributed by atoms with Crippen LogP contribution in [0.1, 0.15) is 12.5 Å². The van der Waals surface area contributed by atoms with Gasteiger partial charge in [-0.2, -0.15) is 0 Å². The molecule has 1 aromatic rings. The highest BCUT2D eigenvalue weighted by Crippen LogP contribution is 2.28. The van der Waals surface area contributed by atoms with Gasteiger partial charge in [-0.05, 0) is 36.6 Å². The van der Waals surface area contributed by atoms with Crippen molar-refractivity contribution in [1.82, 2.24) is 0 Å². The van der Waals surface area contributed by atoms with Crippen LogP contribution in [0.4, 0.5) is 0 Å². The van der Waals surface area contributed by atoms with E-state index in [2.05, 4.69) is 6.92 Å². The van der Waals surface area contributed by atoms with Crippen molar-refractivity contribution in [2.24, 2.45) is 11.7 Å². The van der Waals surface area contributed by atoms with E-state index in [0.717, 1.165) is 17.9 Å². The molecule has 0 aliphatic carbocycles. The van der Waals surface area contributed by atoms with Crippen LogP contribution in [0.3, 0.4) is 0 Å². The van der Waals surface area contributed by atoms with Gasteiger partial charge in [-0.25, -0.2) is 0 Å². The molecule has 0 heterocycles. The van der Waals surface area contributed by atoms with Crippen LogP contribution < -0.4 is 15.2 Å². The second-order valence-electron chi connectivity index (χ2n) is 3.73. The third-order valence-corrected chi connectivity index (χ3v) is 2.43. The van der Waals surface area contributed by atoms with Crippen molar-refractivity contribution >= 4 is 0 Å². The van der Waals surface area contributed by atoms with Crippen LogP contribution in [0, 0.1) is 5.92 Å². The first kappa shape index (κ1) is 11.9. The van der Waals surface area contributed by atoms with Gasteiger partial charge in [0.1, 0.15) is 0 Å². The molecule has 1 atom stereocenters. The standard InChI is InChI=1S/C12H19NO2/c1-9(8-13)6-10-4-5-11(14-2)12(7-10)15-3/h4-5,7,9H,6,8,13H2,1-3H3/t9-/m0/s1. The molecule has 0 saturated carbocycles. The Morgan fingerprint density at radius 2 is 1.87 bits per heavy atom. The number of benzene rings is 1. The van der Waals surface area contributed by atoms with E-state index in [4.69, 9.17) is 15.2 Å². The SMILES string of the molecule is COc1ccc(C[C@H](C)CN)cc1OC. The summed E-state index contributed by atoms with van der Waals surface area (Å²) in [6, 6.07) is 5.98. The fourth-order valence-corrected chi connectivity index (χ4v) is 1.49. The van der Waals surface area contributed by atoms with E-state index in [0.29, 0.717) is 12.5 Å². The Hall–Kier alpha value is -1.22. The molecule has 0 fully saturated rings. The summed E-state index contributed by atoms with van der Waals surface area (Å²) >= 11 is 0. The molecule has 0 aliphatic heterocycles. The molecule has 0 bridgehead atoms. The van der Waals surface area contributed by atoms with E-state index in [1.54, 1.807) is 14.2 Å². The van der Waals surface area contributed by atoms with Crippen molar-refractivity contribution in [3.8, 4) is 11.5 Å². The van der Waals surface area contributed by atoms with E-state index in [1.807, 2.05) is 18.2 Å². The van der Waals surface area contributed by atoms with Crippen molar-refractivity contribution in [3.63, 3.8) is 0 Å². The molecule has 15 heavy (non-hydrogen) atoms. The summed E-state index contributed by atoms with van der Waals surface area (Å²) in [6.45, 7) is 2.84. The summed E-state index contributed by atoms with van der Waals surface area (Å²) in [7, 11) is 3.29. The van der Waals surface area contributed by atoms with Gasteiger partial charge in [-0.15, -0.1) is 0 Å². The van der Waals surface area contributed by atoms with Crippen molar-refractivity contribution in [2.75, 3.05) is 20.8 Å². The van der Waals surface area contributed by atoms with Crippen LogP contribution in [0.15, 0.2) is 18.2 Å². The van der Waals surface area contributed by atoms with Gasteiger partial charge in [-0.1, -0.05) is 13.0 Å². The third kappa shape index (κ3) is 3.13. The van der Waals surface area contributed by atoms with Crippen LogP contribution in [-0.2, 0) is 6.42 Å². The summed E-state index contributed by atoms with van der Waals surface area (Å²) in [4.78, 5) is 0. The first-order valence-electron chi connectivity index (χ1n) is 5.12. The molecule has 3 nitrogen and oxygen atoms in total. The van der Waals surface area contributed by atoms with Gasteiger partial charge in [-0.3, -0.25) is 0 Å². The molecule has 1 rings (SSSR count). The van der Waals surface area contributed by atoms with Crippen LogP contribution in [0.25, 0.3) is 0 Å². The van der Waals surface area contributed by atoms with E-state index in [1.165, 1.54) is 5.56 Å². The maximum atomic E-state index is 5.59. The quantitative estimate of drug-likeness (QED) is 0.804. The number of rotatable bonds is 5. The van der Waals surface area contributed by atoms with E-state index in [-0.39, 0.29) is 0 Å². The number of methoxy groups -OCH3 is 2. The Kier molecular flexibility index (Phi) is 4.43. The van der Waals surface area contributed by atoms with Crippen LogP contribution >= 0.6 is 0 Å². The lowest BCUT2D eigenvalue weighted by molar-refractivity contribution is 0.354. The molecule has 0 spiro atoms. The fourth-order valence-electron chi connectivity index (χ4n) is 1.49. The minimum absolute atomic E-state index is 0.489. The maximum Gasteiger partial charge on any atom is 0.160 e. The number of hydrogen-bond donors (Lipinski definition) is 1. The largest absolute Gasteiger partial charge is 0.493 e. The topological polar surface area (TPSA) is 44.5 Å². The molecule has 0 unspecified atom stereocenters. The zero-order chi connectivity index (χ0) is 11.3. The first-order chi connectivity index (χ1) is 7.21. The number of nitrogens with two attached hydrogens (primary N) is 1. The lowest BCUT2D eigenvalue weighted by atomic mass is 10.0. The Labute approximate surface area is 91.2 Å². The van der Waals surface area contributed by atoms with Crippen molar-refractivity contribution in [2.45, 2.75) is 13.3 Å². The molecule has 2 N–H and O–H groups in total. The monoisotopic (exact) mass is 209 g/mol. The Balaban J connectivity index is 2.83. The molecular formula is C12H19NO2. The summed E-state index contributed by atoms with van der Waals surface area (Å²) in [5, 5.41) is 0. The molecular weight excluding hydrogens is 190 g/mol. The van der Waals surface area contributed by atoms with Gasteiger partial charge in [0, 0.05) is 0 Å². The van der Waals surface area contributed by atoms with Gasteiger partial charge >= 0.3 is 0 Å². The van der Waals surface area contributed by atoms with Crippen LogP contribution in [-0.4, -0.2) is 20.8 Å². The van der Waals surface area contributed by atoms with Crippen molar-refractivity contribution in [1.29, 1.82) is 0 Å². The lowest BCUT2D eigenvalue weighted by Crippen LogP contribution is -2.13. The number of hydrogen-bond acceptors (Lipinski definition) is 3. The van der Waals surface area contributed by atoms with Gasteiger partial charge in [0.05, 0.1) is 14.2 Å². The summed E-state index contributed by atoms with van der Waals surface area (Å²) < 4.78 is 10.4. The second kappa shape index (κ2) is 5.61. The normalized spacial score (nSPS) is 12.3. The lowest BCUT2D eigenvalue weighted by Gasteiger charge is -2.12. The zero-order valence-electron chi connectivity index (χ0n) is 9.62. The van der Waals surface area contributed by atoms with E-state index < -0.39 is 0 Å². The second-order valence-corrected chi connectivity index (χ2v) is 3.73. The zero-order valence-corrected chi connectivity index (χ0v) is 9.62. The molecule has 1 aromatic carbocycles. The third-order valence-electron chi connectivity index (χ3n) is 2.43. The first-order valence-corrected chi connectivity index (χ1v) is 5.12. The average molecular weight is 209 g/mol. The summed E-state index contributed by atoms with van der Waals surface area (Å²) in [5.41, 5.74) is 6.82. The van der Waals surface area contributed by atoms with Gasteiger partial charge < -0.3 is 15.2 Å². The van der Waals surface area contributed by atoms with Crippen LogP contribution in [0.2, 0.25) is 0 Å². The molecule has 0 amide bonds. The molecule has 0 aromatic heterocycles. The highest BCUT2D eigenvalue weighted by molar-refractivity contribution is 5.42. The van der Waals surface area contributed by atoms with Crippen molar-refractivity contribution in [3.05, 3.63) is 23.8 Å². The Morgan fingerprint density at radius 3 is 2.40 bits per heavy atom. The fraction of sp³-hybridized carbons (Fsp3) is 0.500. The minimum Gasteiger partial charge on any atom is -0.493 e. The predicted octanol–water partition coefficient (Wildman–Crippen LogP) is 1.84. The van der Waals surface area contributed by atoms with E-state index >= 15 is 0 Å². The summed E-state index contributed by atoms with van der Waals surface area (Å²) in [5.74, 6) is 2.03. The highest BCUT2D eigenvalue weighted by Gasteiger charge is 2.06.